The molecule has 1 amide bonds. The zero-order valence-corrected chi connectivity index (χ0v) is 41.1. The van der Waals surface area contributed by atoms with Crippen LogP contribution in [-0.4, -0.2) is 34.9 Å². The molecule has 0 heterocycles. The lowest BCUT2D eigenvalue weighted by molar-refractivity contribution is -0.123. The zero-order chi connectivity index (χ0) is 44.9. The van der Waals surface area contributed by atoms with Crippen LogP contribution in [0.4, 0.5) is 0 Å². The number of amides is 1. The predicted octanol–water partition coefficient (Wildman–Crippen LogP) is 17.6. The van der Waals surface area contributed by atoms with Gasteiger partial charge in [0.25, 0.3) is 0 Å². The third kappa shape index (κ3) is 48.6. The van der Waals surface area contributed by atoms with Crippen molar-refractivity contribution < 1.29 is 15.0 Å². The van der Waals surface area contributed by atoms with E-state index in [9.17, 15) is 15.0 Å². The van der Waals surface area contributed by atoms with E-state index in [1.54, 1.807) is 6.08 Å². The maximum atomic E-state index is 12.4. The molecule has 0 aromatic heterocycles. The first kappa shape index (κ1) is 59.6. The Kier molecular flexibility index (Phi) is 50.8. The largest absolute Gasteiger partial charge is 0.394 e. The third-order valence-corrected chi connectivity index (χ3v) is 11.8. The molecular weight excluding hydrogens is 759 g/mol. The Hall–Kier alpha value is -2.43. The molecule has 0 aliphatic heterocycles. The first-order valence-corrected chi connectivity index (χ1v) is 26.8. The van der Waals surface area contributed by atoms with E-state index in [0.717, 1.165) is 70.6 Å². The molecule has 0 fully saturated rings. The smallest absolute Gasteiger partial charge is 0.220 e. The third-order valence-electron chi connectivity index (χ3n) is 11.8. The van der Waals surface area contributed by atoms with Crippen LogP contribution in [0.5, 0.6) is 0 Å². The topological polar surface area (TPSA) is 69.6 Å². The molecule has 358 valence electrons. The molecular formula is C58H103NO3. The van der Waals surface area contributed by atoms with Gasteiger partial charge >= 0.3 is 0 Å². The van der Waals surface area contributed by atoms with Gasteiger partial charge in [-0.1, -0.05) is 259 Å². The highest BCUT2D eigenvalue weighted by atomic mass is 16.3. The first-order chi connectivity index (χ1) is 30.7. The summed E-state index contributed by atoms with van der Waals surface area (Å²) >= 11 is 0. The second-order valence-corrected chi connectivity index (χ2v) is 17.9. The Bertz CT molecular complexity index is 1110. The lowest BCUT2D eigenvalue weighted by atomic mass is 10.0. The van der Waals surface area contributed by atoms with Crippen LogP contribution < -0.4 is 5.32 Å². The summed E-state index contributed by atoms with van der Waals surface area (Å²) < 4.78 is 0. The molecule has 0 aromatic carbocycles. The summed E-state index contributed by atoms with van der Waals surface area (Å²) in [4.78, 5) is 12.4. The number of unbranched alkanes of at least 4 members (excludes halogenated alkanes) is 29. The van der Waals surface area contributed by atoms with Crippen LogP contribution in [0.15, 0.2) is 85.1 Å². The van der Waals surface area contributed by atoms with Gasteiger partial charge in [-0.15, -0.1) is 0 Å². The van der Waals surface area contributed by atoms with E-state index in [4.69, 9.17) is 0 Å². The molecule has 0 rings (SSSR count). The molecule has 2 atom stereocenters. The van der Waals surface area contributed by atoms with Gasteiger partial charge in [0.15, 0.2) is 0 Å². The molecule has 2 unspecified atom stereocenters. The fourth-order valence-electron chi connectivity index (χ4n) is 7.80. The number of aliphatic hydroxyl groups excluding tert-OH is 2. The molecule has 0 saturated heterocycles. The van der Waals surface area contributed by atoms with Crippen molar-refractivity contribution >= 4 is 5.91 Å². The lowest BCUT2D eigenvalue weighted by Crippen LogP contribution is -2.45. The normalized spacial score (nSPS) is 13.5. The van der Waals surface area contributed by atoms with Crippen molar-refractivity contribution in [1.82, 2.24) is 5.32 Å². The molecule has 4 nitrogen and oxygen atoms in total. The van der Waals surface area contributed by atoms with Crippen LogP contribution in [-0.2, 0) is 4.79 Å². The van der Waals surface area contributed by atoms with Gasteiger partial charge in [-0.25, -0.2) is 0 Å². The molecule has 4 heteroatoms. The van der Waals surface area contributed by atoms with Crippen molar-refractivity contribution in [2.24, 2.45) is 0 Å². The van der Waals surface area contributed by atoms with Gasteiger partial charge in [0.1, 0.15) is 0 Å². The summed E-state index contributed by atoms with van der Waals surface area (Å²) in [6.45, 7) is 4.11. The number of hydrogen-bond acceptors (Lipinski definition) is 3. The second kappa shape index (κ2) is 52.9. The monoisotopic (exact) mass is 862 g/mol. The summed E-state index contributed by atoms with van der Waals surface area (Å²) in [5.41, 5.74) is 0. The summed E-state index contributed by atoms with van der Waals surface area (Å²) in [5.74, 6) is -0.0784. The minimum Gasteiger partial charge on any atom is -0.394 e. The Labute approximate surface area is 386 Å². The zero-order valence-electron chi connectivity index (χ0n) is 41.1. The first-order valence-electron chi connectivity index (χ1n) is 26.8. The van der Waals surface area contributed by atoms with Crippen molar-refractivity contribution in [1.29, 1.82) is 0 Å². The SMILES string of the molecule is CC/C=C\C/C=C\C/C=C\C/C=C\CCCCCCCCCCCCCCCCCCCCCCCCCCCCC(=O)NC(CO)C(O)/C=C/CC/C=C/CC/C=C/CCC. The maximum absolute atomic E-state index is 12.4. The van der Waals surface area contributed by atoms with E-state index in [1.807, 2.05) is 6.08 Å². The minimum absolute atomic E-state index is 0.0784. The summed E-state index contributed by atoms with van der Waals surface area (Å²) in [6.07, 6.45) is 77.6. The predicted molar refractivity (Wildman–Crippen MR) is 276 cm³/mol. The van der Waals surface area contributed by atoms with Crippen molar-refractivity contribution in [2.45, 2.75) is 270 Å². The summed E-state index contributed by atoms with van der Waals surface area (Å²) in [7, 11) is 0. The maximum Gasteiger partial charge on any atom is 0.220 e. The van der Waals surface area contributed by atoms with Gasteiger partial charge in [-0.3, -0.25) is 4.79 Å². The minimum atomic E-state index is -0.869. The quantitative estimate of drug-likeness (QED) is 0.0422. The summed E-state index contributed by atoms with van der Waals surface area (Å²) in [5, 5.41) is 22.9. The highest BCUT2D eigenvalue weighted by molar-refractivity contribution is 5.76. The average molecular weight is 862 g/mol. The van der Waals surface area contributed by atoms with E-state index in [1.165, 1.54) is 167 Å². The van der Waals surface area contributed by atoms with E-state index < -0.39 is 12.1 Å². The molecule has 0 aromatic rings. The van der Waals surface area contributed by atoms with Crippen LogP contribution in [0.25, 0.3) is 0 Å². The lowest BCUT2D eigenvalue weighted by Gasteiger charge is -2.19. The number of nitrogens with one attached hydrogen (secondary N) is 1. The fraction of sp³-hybridized carbons (Fsp3) is 0.741. The van der Waals surface area contributed by atoms with Gasteiger partial charge in [0, 0.05) is 6.42 Å². The van der Waals surface area contributed by atoms with Crippen molar-refractivity contribution in [3.8, 4) is 0 Å². The number of carbonyl (C=O) groups excluding carboxylic acids is 1. The molecule has 0 radical (unpaired) electrons. The Morgan fingerprint density at radius 1 is 0.403 bits per heavy atom. The Morgan fingerprint density at radius 3 is 1.11 bits per heavy atom. The molecule has 0 saturated carbocycles. The van der Waals surface area contributed by atoms with E-state index in [-0.39, 0.29) is 12.5 Å². The van der Waals surface area contributed by atoms with Gasteiger partial charge in [0.05, 0.1) is 18.8 Å². The van der Waals surface area contributed by atoms with E-state index >= 15 is 0 Å². The number of rotatable bonds is 48. The summed E-state index contributed by atoms with van der Waals surface area (Å²) in [6, 6.07) is -0.645. The molecule has 0 aliphatic rings. The molecule has 0 spiro atoms. The number of hydrogen-bond donors (Lipinski definition) is 3. The number of aliphatic hydroxyl groups is 2. The van der Waals surface area contributed by atoms with Crippen molar-refractivity contribution in [2.75, 3.05) is 6.61 Å². The van der Waals surface area contributed by atoms with Crippen LogP contribution in [0, 0.1) is 0 Å². The highest BCUT2D eigenvalue weighted by Gasteiger charge is 2.17. The standard InChI is InChI=1S/C58H103NO3/c1-3-5-7-9-11-13-15-16-17-18-19-20-21-22-23-24-25-26-27-28-29-30-31-32-33-34-35-36-37-38-39-40-41-42-44-46-48-50-52-54-58(62)59-56(55-60)57(61)53-51-49-47-45-43-14-12-10-8-6-4-2/h5,7-8,10-11,13,16-17,19-20,43,45,51,53,56-57,60-61H,3-4,6,9,12,14-15,18,21-42,44,46-50,52,54-55H2,1-2H3,(H,59,62)/b7-5-,10-8+,13-11-,17-16-,20-19-,45-43+,53-51+. The van der Waals surface area contributed by atoms with Crippen molar-refractivity contribution in [3.05, 3.63) is 85.1 Å². The van der Waals surface area contributed by atoms with Gasteiger partial charge in [-0.05, 0) is 77.0 Å². The number of allylic oxidation sites excluding steroid dienone is 13. The van der Waals surface area contributed by atoms with Crippen LogP contribution in [0.1, 0.15) is 258 Å². The average Bonchev–Trinajstić information content (AvgIpc) is 3.28. The van der Waals surface area contributed by atoms with Crippen LogP contribution in [0.3, 0.4) is 0 Å². The second-order valence-electron chi connectivity index (χ2n) is 17.9. The highest BCUT2D eigenvalue weighted by Crippen LogP contribution is 2.17. The molecule has 3 N–H and O–H groups in total. The van der Waals surface area contributed by atoms with Crippen LogP contribution >= 0.6 is 0 Å². The van der Waals surface area contributed by atoms with E-state index in [2.05, 4.69) is 92.1 Å². The van der Waals surface area contributed by atoms with E-state index in [0.29, 0.717) is 6.42 Å². The van der Waals surface area contributed by atoms with Gasteiger partial charge in [-0.2, -0.15) is 0 Å². The molecule has 0 bridgehead atoms. The Morgan fingerprint density at radius 2 is 0.726 bits per heavy atom. The number of carbonyl (C=O) groups is 1. The van der Waals surface area contributed by atoms with Crippen LogP contribution in [0.2, 0.25) is 0 Å². The van der Waals surface area contributed by atoms with Gasteiger partial charge in [0.2, 0.25) is 5.91 Å². The van der Waals surface area contributed by atoms with Crippen molar-refractivity contribution in [3.63, 3.8) is 0 Å². The van der Waals surface area contributed by atoms with Gasteiger partial charge < -0.3 is 15.5 Å². The Balaban J connectivity index is 3.40. The fourth-order valence-corrected chi connectivity index (χ4v) is 7.80. The molecule has 62 heavy (non-hydrogen) atoms. The molecule has 0 aliphatic carbocycles.